The molecule has 26 heavy (non-hydrogen) atoms. The van der Waals surface area contributed by atoms with Crippen molar-refractivity contribution in [2.45, 2.75) is 57.8 Å². The first-order valence-corrected chi connectivity index (χ1v) is 9.62. The fraction of sp³-hybridized carbons (Fsp3) is 0.500. The van der Waals surface area contributed by atoms with Gasteiger partial charge in [-0.1, -0.05) is 61.0 Å². The molecule has 144 valence electrons. The zero-order chi connectivity index (χ0) is 19.4. The fourth-order valence-electron chi connectivity index (χ4n) is 2.69. The Morgan fingerprint density at radius 3 is 2.35 bits per heavy atom. The second-order valence-corrected chi connectivity index (χ2v) is 7.03. The van der Waals surface area contributed by atoms with Crippen molar-refractivity contribution in [3.8, 4) is 0 Å². The Bertz CT molecular complexity index is 626. The second kappa shape index (κ2) is 12.8. The number of aliphatic carboxylic acids is 1. The van der Waals surface area contributed by atoms with E-state index in [4.69, 9.17) is 28.3 Å². The fourth-order valence-corrected chi connectivity index (χ4v) is 3.19. The standard InChI is InChI=1S/C20H26Cl2O4/c1-26-20(25)16(13-19(23)24)10-8-6-4-2-3-5-7-9-15-11-12-17(21)14-18(15)22/h10-12,14H,2-9,13H2,1H3,(H,23,24). The smallest absolute Gasteiger partial charge is 0.333 e. The van der Waals surface area contributed by atoms with Gasteiger partial charge in [0.25, 0.3) is 0 Å². The van der Waals surface area contributed by atoms with E-state index in [9.17, 15) is 9.59 Å². The van der Waals surface area contributed by atoms with Crippen molar-refractivity contribution in [2.24, 2.45) is 0 Å². The van der Waals surface area contributed by atoms with Crippen LogP contribution in [-0.4, -0.2) is 24.2 Å². The van der Waals surface area contributed by atoms with Crippen molar-refractivity contribution >= 4 is 35.1 Å². The molecule has 0 heterocycles. The van der Waals surface area contributed by atoms with Crippen LogP contribution in [0.1, 0.15) is 56.9 Å². The molecule has 0 bridgehead atoms. The molecule has 1 aromatic rings. The molecule has 0 radical (unpaired) electrons. The minimum absolute atomic E-state index is 0.222. The number of carbonyl (C=O) groups is 2. The quantitative estimate of drug-likeness (QED) is 0.271. The predicted octanol–water partition coefficient (Wildman–Crippen LogP) is 5.84. The summed E-state index contributed by atoms with van der Waals surface area (Å²) in [5, 5.41) is 10.2. The van der Waals surface area contributed by atoms with Gasteiger partial charge in [-0.2, -0.15) is 0 Å². The number of carboxylic acid groups (broad SMARTS) is 1. The Morgan fingerprint density at radius 2 is 1.73 bits per heavy atom. The Kier molecular flexibility index (Phi) is 11.1. The van der Waals surface area contributed by atoms with Crippen LogP contribution >= 0.6 is 23.2 Å². The molecule has 4 nitrogen and oxygen atoms in total. The lowest BCUT2D eigenvalue weighted by atomic mass is 10.0. The van der Waals surface area contributed by atoms with E-state index >= 15 is 0 Å². The van der Waals surface area contributed by atoms with Gasteiger partial charge in [0.05, 0.1) is 13.5 Å². The maximum Gasteiger partial charge on any atom is 0.333 e. The van der Waals surface area contributed by atoms with E-state index < -0.39 is 11.9 Å². The number of ether oxygens (including phenoxy) is 1. The first-order chi connectivity index (χ1) is 12.4. The molecule has 0 saturated heterocycles. The normalized spacial score (nSPS) is 11.4. The van der Waals surface area contributed by atoms with Gasteiger partial charge in [0, 0.05) is 15.6 Å². The van der Waals surface area contributed by atoms with Crippen molar-refractivity contribution in [3.05, 3.63) is 45.5 Å². The number of benzene rings is 1. The van der Waals surface area contributed by atoms with Crippen LogP contribution in [0, 0.1) is 0 Å². The molecule has 0 aliphatic heterocycles. The lowest BCUT2D eigenvalue weighted by Gasteiger charge is -2.05. The molecule has 0 amide bonds. The monoisotopic (exact) mass is 400 g/mol. The minimum Gasteiger partial charge on any atom is -0.481 e. The highest BCUT2D eigenvalue weighted by atomic mass is 35.5. The van der Waals surface area contributed by atoms with Crippen LogP contribution in [0.25, 0.3) is 0 Å². The molecular formula is C20H26Cl2O4. The van der Waals surface area contributed by atoms with Gasteiger partial charge in [0.15, 0.2) is 0 Å². The number of aryl methyl sites for hydroxylation is 1. The van der Waals surface area contributed by atoms with E-state index in [1.165, 1.54) is 7.11 Å². The van der Waals surface area contributed by atoms with Crippen LogP contribution < -0.4 is 0 Å². The Hall–Kier alpha value is -1.52. The van der Waals surface area contributed by atoms with Gasteiger partial charge in [-0.25, -0.2) is 4.79 Å². The number of unbranched alkanes of at least 4 members (excludes halogenated alkanes) is 6. The Labute approximate surface area is 165 Å². The van der Waals surface area contributed by atoms with Gasteiger partial charge >= 0.3 is 11.9 Å². The van der Waals surface area contributed by atoms with Crippen molar-refractivity contribution in [2.75, 3.05) is 7.11 Å². The van der Waals surface area contributed by atoms with Gasteiger partial charge in [-0.3, -0.25) is 4.79 Å². The van der Waals surface area contributed by atoms with Gasteiger partial charge in [-0.15, -0.1) is 0 Å². The number of carboxylic acids is 1. The summed E-state index contributed by atoms with van der Waals surface area (Å²) in [6.45, 7) is 0. The summed E-state index contributed by atoms with van der Waals surface area (Å²) in [6, 6.07) is 5.62. The van der Waals surface area contributed by atoms with Crippen LogP contribution in [0.2, 0.25) is 10.0 Å². The number of allylic oxidation sites excluding steroid dienone is 1. The van der Waals surface area contributed by atoms with Crippen molar-refractivity contribution in [1.29, 1.82) is 0 Å². The zero-order valence-electron chi connectivity index (χ0n) is 15.1. The molecule has 0 spiro atoms. The third kappa shape index (κ3) is 9.25. The number of rotatable bonds is 12. The third-order valence-electron chi connectivity index (χ3n) is 4.10. The van der Waals surface area contributed by atoms with E-state index in [2.05, 4.69) is 4.74 Å². The lowest BCUT2D eigenvalue weighted by molar-refractivity contribution is -0.141. The molecule has 1 N–H and O–H groups in total. The zero-order valence-corrected chi connectivity index (χ0v) is 16.6. The van der Waals surface area contributed by atoms with Crippen LogP contribution in [0.5, 0.6) is 0 Å². The van der Waals surface area contributed by atoms with E-state index in [1.807, 2.05) is 12.1 Å². The lowest BCUT2D eigenvalue weighted by Crippen LogP contribution is -2.09. The summed E-state index contributed by atoms with van der Waals surface area (Å²) in [4.78, 5) is 22.2. The van der Waals surface area contributed by atoms with Crippen molar-refractivity contribution < 1.29 is 19.4 Å². The summed E-state index contributed by atoms with van der Waals surface area (Å²) in [5.74, 6) is -1.59. The summed E-state index contributed by atoms with van der Waals surface area (Å²) in [7, 11) is 1.26. The van der Waals surface area contributed by atoms with Crippen LogP contribution in [0.3, 0.4) is 0 Å². The van der Waals surface area contributed by atoms with E-state index in [-0.39, 0.29) is 12.0 Å². The van der Waals surface area contributed by atoms with E-state index in [0.29, 0.717) is 11.4 Å². The summed E-state index contributed by atoms with van der Waals surface area (Å²) in [5.41, 5.74) is 1.36. The molecule has 1 rings (SSSR count). The highest BCUT2D eigenvalue weighted by molar-refractivity contribution is 6.35. The molecule has 0 aliphatic carbocycles. The minimum atomic E-state index is -1.03. The van der Waals surface area contributed by atoms with Gasteiger partial charge in [0.2, 0.25) is 0 Å². The first-order valence-electron chi connectivity index (χ1n) is 8.87. The number of carbonyl (C=O) groups excluding carboxylic acids is 1. The van der Waals surface area contributed by atoms with Gasteiger partial charge in [-0.05, 0) is 43.4 Å². The molecule has 0 aromatic heterocycles. The van der Waals surface area contributed by atoms with E-state index in [0.717, 1.165) is 55.5 Å². The predicted molar refractivity (Wildman–Crippen MR) is 105 cm³/mol. The van der Waals surface area contributed by atoms with Crippen LogP contribution in [0.4, 0.5) is 0 Å². The highest BCUT2D eigenvalue weighted by Gasteiger charge is 2.12. The molecule has 0 unspecified atom stereocenters. The number of methoxy groups -OCH3 is 1. The average molecular weight is 401 g/mol. The Morgan fingerprint density at radius 1 is 1.08 bits per heavy atom. The molecule has 1 aromatic carbocycles. The van der Waals surface area contributed by atoms with Crippen LogP contribution in [0.15, 0.2) is 29.8 Å². The summed E-state index contributed by atoms with van der Waals surface area (Å²) in [6.07, 6.45) is 9.52. The largest absolute Gasteiger partial charge is 0.481 e. The Balaban J connectivity index is 2.15. The topological polar surface area (TPSA) is 63.6 Å². The molecular weight excluding hydrogens is 375 g/mol. The number of hydrogen-bond acceptors (Lipinski definition) is 3. The van der Waals surface area contributed by atoms with Crippen molar-refractivity contribution in [1.82, 2.24) is 0 Å². The third-order valence-corrected chi connectivity index (χ3v) is 4.68. The van der Waals surface area contributed by atoms with Gasteiger partial charge in [0.1, 0.15) is 0 Å². The highest BCUT2D eigenvalue weighted by Crippen LogP contribution is 2.23. The van der Waals surface area contributed by atoms with Crippen molar-refractivity contribution in [3.63, 3.8) is 0 Å². The molecule has 0 saturated carbocycles. The molecule has 0 aliphatic rings. The SMILES string of the molecule is COC(=O)C(=CCCCCCCCCc1ccc(Cl)cc1Cl)CC(=O)O. The molecule has 0 atom stereocenters. The number of halogens is 2. The maximum absolute atomic E-state index is 11.5. The second-order valence-electron chi connectivity index (χ2n) is 6.19. The van der Waals surface area contributed by atoms with E-state index in [1.54, 1.807) is 12.1 Å². The summed E-state index contributed by atoms with van der Waals surface area (Å²) < 4.78 is 4.60. The number of hydrogen-bond donors (Lipinski definition) is 1. The molecule has 0 fully saturated rings. The summed E-state index contributed by atoms with van der Waals surface area (Å²) >= 11 is 12.0. The number of esters is 1. The first kappa shape index (κ1) is 22.5. The van der Waals surface area contributed by atoms with Gasteiger partial charge < -0.3 is 9.84 Å². The average Bonchev–Trinajstić information content (AvgIpc) is 2.59. The van der Waals surface area contributed by atoms with Crippen LogP contribution in [-0.2, 0) is 20.7 Å². The molecule has 6 heteroatoms. The maximum atomic E-state index is 11.5.